The average Bonchev–Trinajstić information content (AvgIpc) is 3.74. The fraction of sp³-hybridized carbons (Fsp3) is 0.594. The van der Waals surface area contributed by atoms with Gasteiger partial charge in [0.15, 0.2) is 0 Å². The molecule has 204 valence electrons. The van der Waals surface area contributed by atoms with Crippen LogP contribution in [0.1, 0.15) is 94.9 Å². The van der Waals surface area contributed by atoms with Crippen LogP contribution in [0.4, 0.5) is 5.69 Å². The third-order valence-corrected chi connectivity index (χ3v) is 8.00. The zero-order valence-electron chi connectivity index (χ0n) is 24.0. The minimum atomic E-state index is 0.164. The van der Waals surface area contributed by atoms with E-state index < -0.39 is 0 Å². The Kier molecular flexibility index (Phi) is 10.9. The highest BCUT2D eigenvalue weighted by Crippen LogP contribution is 2.45. The Morgan fingerprint density at radius 3 is 2.38 bits per heavy atom. The van der Waals surface area contributed by atoms with E-state index in [4.69, 9.17) is 16.3 Å². The van der Waals surface area contributed by atoms with Gasteiger partial charge in [-0.15, -0.1) is 0 Å². The predicted octanol–water partition coefficient (Wildman–Crippen LogP) is 8.10. The lowest BCUT2D eigenvalue weighted by atomic mass is 9.74. The number of nitrogens with zero attached hydrogens (tertiary/aromatic N) is 1. The molecule has 5 heteroatoms. The number of amides is 1. The number of hydrogen-bond acceptors (Lipinski definition) is 3. The summed E-state index contributed by atoms with van der Waals surface area (Å²) in [6.45, 7) is 11.8. The number of benzene rings is 2. The van der Waals surface area contributed by atoms with Gasteiger partial charge in [-0.3, -0.25) is 4.79 Å². The van der Waals surface area contributed by atoms with Crippen LogP contribution in [-0.4, -0.2) is 37.6 Å². The molecular weight excluding hydrogens is 480 g/mol. The van der Waals surface area contributed by atoms with Crippen molar-refractivity contribution in [1.82, 2.24) is 4.90 Å². The maximum Gasteiger partial charge on any atom is 0.227 e. The zero-order valence-corrected chi connectivity index (χ0v) is 24.8. The number of likely N-dealkylation sites (N-methyl/N-ethyl adjacent to an activating group) is 1. The van der Waals surface area contributed by atoms with Crippen molar-refractivity contribution in [2.45, 2.75) is 91.5 Å². The summed E-state index contributed by atoms with van der Waals surface area (Å²) in [4.78, 5) is 14.7. The van der Waals surface area contributed by atoms with Crippen molar-refractivity contribution in [3.8, 4) is 5.75 Å². The molecule has 37 heavy (non-hydrogen) atoms. The first-order valence-corrected chi connectivity index (χ1v) is 14.7. The number of aryl methyl sites for hydroxylation is 1. The highest BCUT2D eigenvalue weighted by molar-refractivity contribution is 6.32. The molecule has 1 amide bonds. The Hall–Kier alpha value is -2.04. The quantitative estimate of drug-likeness (QED) is 0.428. The number of halogens is 1. The molecule has 0 radical (unpaired) electrons. The Labute approximate surface area is 230 Å². The van der Waals surface area contributed by atoms with E-state index in [-0.39, 0.29) is 11.8 Å². The first-order valence-electron chi connectivity index (χ1n) is 14.3. The summed E-state index contributed by atoms with van der Waals surface area (Å²) < 4.78 is 5.54. The van der Waals surface area contributed by atoms with E-state index in [0.717, 1.165) is 56.0 Å². The molecule has 5 rings (SSSR count). The van der Waals surface area contributed by atoms with Crippen LogP contribution in [0, 0.1) is 11.8 Å². The molecular formula is C32H47ClN2O2. The van der Waals surface area contributed by atoms with Crippen LogP contribution in [-0.2, 0) is 17.6 Å². The molecule has 2 aliphatic carbocycles. The van der Waals surface area contributed by atoms with Crippen LogP contribution in [0.15, 0.2) is 30.3 Å². The number of carbonyl (C=O) groups is 1. The molecule has 0 aromatic heterocycles. The van der Waals surface area contributed by atoms with Crippen molar-refractivity contribution in [2.75, 3.05) is 26.0 Å². The topological polar surface area (TPSA) is 41.6 Å². The molecule has 1 heterocycles. The van der Waals surface area contributed by atoms with Crippen molar-refractivity contribution in [2.24, 2.45) is 11.8 Å². The molecule has 2 aromatic carbocycles. The van der Waals surface area contributed by atoms with Crippen molar-refractivity contribution in [1.29, 1.82) is 0 Å². The van der Waals surface area contributed by atoms with Gasteiger partial charge >= 0.3 is 0 Å². The van der Waals surface area contributed by atoms with E-state index >= 15 is 0 Å². The highest BCUT2D eigenvalue weighted by atomic mass is 35.5. The van der Waals surface area contributed by atoms with E-state index in [1.165, 1.54) is 35.1 Å². The number of nitrogens with one attached hydrogen (secondary N) is 1. The molecule has 0 spiro atoms. The standard InChI is InChI=1S/C24H27ClN2O2.C6H14.C2H6/c1-27-10-9-16-12-20(25)22(29-2)13-19(16)23-18-7-6-17(26-24(28)14-3-4-14)11-15(18)5-8-21(23)27;1-4-5-6(2)3;1-2/h6-7,11-14,21,23H,3-5,8-10H2,1-2H3,(H,26,28);6H,4-5H2,1-3H3;1-2H3. The summed E-state index contributed by atoms with van der Waals surface area (Å²) in [5.41, 5.74) is 6.28. The highest BCUT2D eigenvalue weighted by Gasteiger charge is 2.37. The first-order chi connectivity index (χ1) is 17.8. The van der Waals surface area contributed by atoms with E-state index in [9.17, 15) is 4.79 Å². The SMILES string of the molecule is CC.CCCC(C)C.COc1cc2c(cc1Cl)CCN(C)C1CCc3cc(NC(=O)C4CC4)ccc3C21. The average molecular weight is 527 g/mol. The Balaban J connectivity index is 0.000000421. The molecule has 1 saturated carbocycles. The van der Waals surface area contributed by atoms with E-state index in [2.05, 4.69) is 68.4 Å². The Morgan fingerprint density at radius 1 is 1.08 bits per heavy atom. The number of anilines is 1. The van der Waals surface area contributed by atoms with E-state index in [1.54, 1.807) is 7.11 Å². The first kappa shape index (κ1) is 29.5. The number of hydrogen-bond donors (Lipinski definition) is 1. The van der Waals surface area contributed by atoms with Gasteiger partial charge in [0.25, 0.3) is 0 Å². The van der Waals surface area contributed by atoms with Gasteiger partial charge in [-0.2, -0.15) is 0 Å². The number of methoxy groups -OCH3 is 1. The van der Waals surface area contributed by atoms with E-state index in [1.807, 2.05) is 13.8 Å². The van der Waals surface area contributed by atoms with Crippen LogP contribution in [0.5, 0.6) is 5.75 Å². The van der Waals surface area contributed by atoms with Crippen molar-refractivity contribution >= 4 is 23.2 Å². The molecule has 2 atom stereocenters. The van der Waals surface area contributed by atoms with Crippen molar-refractivity contribution in [3.63, 3.8) is 0 Å². The van der Waals surface area contributed by atoms with Crippen molar-refractivity contribution < 1.29 is 9.53 Å². The number of rotatable bonds is 5. The van der Waals surface area contributed by atoms with Crippen LogP contribution in [0.25, 0.3) is 0 Å². The van der Waals surface area contributed by atoms with Gasteiger partial charge < -0.3 is 15.0 Å². The van der Waals surface area contributed by atoms with E-state index in [0.29, 0.717) is 17.0 Å². The maximum absolute atomic E-state index is 12.2. The minimum absolute atomic E-state index is 0.164. The van der Waals surface area contributed by atoms with Crippen LogP contribution < -0.4 is 10.1 Å². The van der Waals surface area contributed by atoms with Gasteiger partial charge in [0.1, 0.15) is 5.75 Å². The smallest absolute Gasteiger partial charge is 0.227 e. The molecule has 1 aliphatic heterocycles. The van der Waals surface area contributed by atoms with Crippen molar-refractivity contribution in [3.05, 3.63) is 57.6 Å². The maximum atomic E-state index is 12.2. The molecule has 0 bridgehead atoms. The van der Waals surface area contributed by atoms with Gasteiger partial charge in [0, 0.05) is 30.1 Å². The molecule has 4 nitrogen and oxygen atoms in total. The predicted molar refractivity (Wildman–Crippen MR) is 157 cm³/mol. The third kappa shape index (κ3) is 7.29. The molecule has 1 N–H and O–H groups in total. The summed E-state index contributed by atoms with van der Waals surface area (Å²) in [7, 11) is 3.91. The zero-order chi connectivity index (χ0) is 27.1. The molecule has 2 unspecified atom stereocenters. The third-order valence-electron chi connectivity index (χ3n) is 7.70. The second-order valence-corrected chi connectivity index (χ2v) is 11.3. The van der Waals surface area contributed by atoms with Gasteiger partial charge in [-0.25, -0.2) is 0 Å². The summed E-state index contributed by atoms with van der Waals surface area (Å²) in [5, 5.41) is 3.79. The summed E-state index contributed by atoms with van der Waals surface area (Å²) in [5.74, 6) is 2.32. The Bertz CT molecular complexity index is 1050. The summed E-state index contributed by atoms with van der Waals surface area (Å²) >= 11 is 6.45. The van der Waals surface area contributed by atoms with Crippen LogP contribution >= 0.6 is 11.6 Å². The molecule has 3 aliphatic rings. The minimum Gasteiger partial charge on any atom is -0.495 e. The van der Waals surface area contributed by atoms with Crippen LogP contribution in [0.3, 0.4) is 0 Å². The number of fused-ring (bicyclic) bond motifs is 5. The number of carbonyl (C=O) groups excluding carboxylic acids is 1. The Morgan fingerprint density at radius 2 is 1.78 bits per heavy atom. The summed E-state index contributed by atoms with van der Waals surface area (Å²) in [6.07, 6.45) is 7.89. The largest absolute Gasteiger partial charge is 0.495 e. The van der Waals surface area contributed by atoms with Crippen LogP contribution in [0.2, 0.25) is 5.02 Å². The molecule has 1 fully saturated rings. The van der Waals surface area contributed by atoms with Gasteiger partial charge in [0.05, 0.1) is 12.1 Å². The lowest BCUT2D eigenvalue weighted by Crippen LogP contribution is -2.39. The lowest BCUT2D eigenvalue weighted by Gasteiger charge is -2.38. The van der Waals surface area contributed by atoms with Gasteiger partial charge in [0.2, 0.25) is 5.91 Å². The summed E-state index contributed by atoms with van der Waals surface area (Å²) in [6, 6.07) is 11.2. The van der Waals surface area contributed by atoms with Gasteiger partial charge in [-0.05, 0) is 91.6 Å². The second-order valence-electron chi connectivity index (χ2n) is 10.9. The van der Waals surface area contributed by atoms with Gasteiger partial charge in [-0.1, -0.05) is 65.1 Å². The molecule has 2 aromatic rings. The lowest BCUT2D eigenvalue weighted by molar-refractivity contribution is -0.117. The number of ether oxygens (including phenoxy) is 1. The normalized spacial score (nSPS) is 20.1. The second kappa shape index (κ2) is 13.7. The monoisotopic (exact) mass is 526 g/mol. The molecule has 0 saturated heterocycles. The fourth-order valence-electron chi connectivity index (χ4n) is 5.63. The fourth-order valence-corrected chi connectivity index (χ4v) is 5.90.